The summed E-state index contributed by atoms with van der Waals surface area (Å²) in [6, 6.07) is 0.863. The van der Waals surface area contributed by atoms with Gasteiger partial charge in [-0.3, -0.25) is 0 Å². The lowest BCUT2D eigenvalue weighted by atomic mass is 10.5. The normalized spacial score (nSPS) is 13.3. The average molecular weight is 268 g/mol. The molecule has 11 heavy (non-hydrogen) atoms. The molecule has 0 fully saturated rings. The zero-order chi connectivity index (χ0) is 8.91. The Bertz CT molecular complexity index is 129. The first kappa shape index (κ1) is 12.3. The van der Waals surface area contributed by atoms with E-state index in [1.807, 2.05) is 18.3 Å². The van der Waals surface area contributed by atoms with Crippen LogP contribution in [0.3, 0.4) is 0 Å². The molecule has 0 heterocycles. The minimum atomic E-state index is -1.91. The molecule has 0 nitrogen and oxygen atoms in total. The van der Waals surface area contributed by atoms with E-state index in [1.165, 1.54) is 0 Å². The molecule has 0 unspecified atom stereocenters. The van der Waals surface area contributed by atoms with Crippen LogP contribution in [0.2, 0.25) is 12.6 Å². The summed E-state index contributed by atoms with van der Waals surface area (Å²) in [5.74, 6) is 0. The average Bonchev–Trinajstić information content (AvgIpc) is 1.78. The molecular formula is C5H10Cl4Si2. The van der Waals surface area contributed by atoms with Crippen molar-refractivity contribution >= 4 is 58.4 Å². The number of halogens is 4. The van der Waals surface area contributed by atoms with Gasteiger partial charge < -0.3 is 0 Å². The number of hydrogen-bond acceptors (Lipinski definition) is 0. The maximum absolute atomic E-state index is 5.86. The Hall–Kier alpha value is 1.33. The predicted molar refractivity (Wildman–Crippen MR) is 60.7 cm³/mol. The van der Waals surface area contributed by atoms with Crippen molar-refractivity contribution < 1.29 is 0 Å². The quantitative estimate of drug-likeness (QED) is 0.538. The number of hydrogen-bond donors (Lipinski definition) is 0. The fraction of sp³-hybridized carbons (Fsp3) is 0.600. The number of allylic oxidation sites excluding steroid dienone is 1. The van der Waals surface area contributed by atoms with Crippen LogP contribution in [-0.2, 0) is 0 Å². The van der Waals surface area contributed by atoms with Gasteiger partial charge in [-0.25, -0.2) is 0 Å². The summed E-state index contributed by atoms with van der Waals surface area (Å²) in [6.45, 7) is -0.00373. The van der Waals surface area contributed by atoms with Gasteiger partial charge in [0, 0.05) is 0 Å². The van der Waals surface area contributed by atoms with E-state index in [2.05, 4.69) is 0 Å². The molecule has 0 rings (SSSR count). The highest BCUT2D eigenvalue weighted by Crippen LogP contribution is 2.21. The summed E-state index contributed by atoms with van der Waals surface area (Å²) in [5, 5.41) is 0. The van der Waals surface area contributed by atoms with Crippen molar-refractivity contribution in [3.8, 4) is 0 Å². The zero-order valence-electron chi connectivity index (χ0n) is 6.16. The van der Waals surface area contributed by atoms with Crippen molar-refractivity contribution in [1.82, 2.24) is 0 Å². The molecule has 6 heteroatoms. The molecule has 0 atom stereocenters. The molecule has 0 aliphatic heterocycles. The van der Waals surface area contributed by atoms with E-state index in [9.17, 15) is 0 Å². The van der Waals surface area contributed by atoms with E-state index in [0.29, 0.717) is 0 Å². The van der Waals surface area contributed by atoms with Gasteiger partial charge in [0.15, 0.2) is 0 Å². The van der Waals surface area contributed by atoms with Crippen molar-refractivity contribution in [2.24, 2.45) is 0 Å². The first-order valence-corrected chi connectivity index (χ1v) is 12.1. The van der Waals surface area contributed by atoms with Crippen molar-refractivity contribution in [3.63, 3.8) is 0 Å². The van der Waals surface area contributed by atoms with Crippen molar-refractivity contribution in [3.05, 3.63) is 11.8 Å². The van der Waals surface area contributed by atoms with Crippen LogP contribution in [0.1, 0.15) is 6.42 Å². The molecule has 0 amide bonds. The van der Waals surface area contributed by atoms with E-state index in [1.54, 1.807) is 0 Å². The molecule has 0 aliphatic carbocycles. The van der Waals surface area contributed by atoms with Gasteiger partial charge in [0.2, 0.25) is 6.69 Å². The van der Waals surface area contributed by atoms with Crippen LogP contribution in [0.4, 0.5) is 0 Å². The van der Waals surface area contributed by atoms with Crippen LogP contribution in [-0.4, -0.2) is 14.1 Å². The summed E-state index contributed by atoms with van der Waals surface area (Å²) in [6.07, 6.45) is 2.85. The van der Waals surface area contributed by atoms with Crippen molar-refractivity contribution in [1.29, 1.82) is 0 Å². The van der Waals surface area contributed by atoms with Gasteiger partial charge in [0.25, 0.3) is 7.42 Å². The maximum atomic E-state index is 5.86. The molecule has 0 radical (unpaired) electrons. The van der Waals surface area contributed by atoms with Gasteiger partial charge in [-0.05, 0) is 19.0 Å². The molecule has 0 saturated heterocycles. The molecule has 0 aromatic rings. The van der Waals surface area contributed by atoms with Crippen LogP contribution < -0.4 is 0 Å². The fourth-order valence-corrected chi connectivity index (χ4v) is 2.88. The fourth-order valence-electron chi connectivity index (χ4n) is 0.536. The Morgan fingerprint density at radius 2 is 1.91 bits per heavy atom. The molecule has 0 bridgehead atoms. The van der Waals surface area contributed by atoms with E-state index in [-0.39, 0.29) is 0 Å². The Balaban J connectivity index is 3.42. The van der Waals surface area contributed by atoms with Gasteiger partial charge in [-0.15, -0.1) is 44.3 Å². The summed E-state index contributed by atoms with van der Waals surface area (Å²) in [7, 11) is -1.56. The Kier molecular flexibility index (Phi) is 6.61. The highest BCUT2D eigenvalue weighted by Gasteiger charge is 2.18. The lowest BCUT2D eigenvalue weighted by molar-refractivity contribution is 1.20. The smallest absolute Gasteiger partial charge is 0.146 e. The summed E-state index contributed by atoms with van der Waals surface area (Å²) in [5.41, 5.74) is 1.86. The Morgan fingerprint density at radius 3 is 2.27 bits per heavy atom. The molecule has 0 aliphatic rings. The third-order valence-electron chi connectivity index (χ3n) is 1.03. The van der Waals surface area contributed by atoms with Crippen LogP contribution >= 0.6 is 44.3 Å². The zero-order valence-corrected chi connectivity index (χ0v) is 11.3. The molecule has 0 spiro atoms. The van der Waals surface area contributed by atoms with Crippen molar-refractivity contribution in [2.75, 3.05) is 0 Å². The van der Waals surface area contributed by atoms with Gasteiger partial charge in [-0.1, -0.05) is 11.8 Å². The first-order valence-electron chi connectivity index (χ1n) is 3.24. The van der Waals surface area contributed by atoms with Gasteiger partial charge in [0.1, 0.15) is 0 Å². The highest BCUT2D eigenvalue weighted by molar-refractivity contribution is 7.44. The van der Waals surface area contributed by atoms with Gasteiger partial charge in [0.05, 0.1) is 0 Å². The summed E-state index contributed by atoms with van der Waals surface area (Å²) in [4.78, 5) is 0. The summed E-state index contributed by atoms with van der Waals surface area (Å²) < 4.78 is 0. The first-order chi connectivity index (χ1) is 4.92. The molecule has 0 aromatic carbocycles. The number of rotatable bonds is 4. The second-order valence-electron chi connectivity index (χ2n) is 2.37. The second-order valence-corrected chi connectivity index (χ2v) is 15.1. The minimum absolute atomic E-state index is 0.863. The van der Waals surface area contributed by atoms with Crippen LogP contribution in [0.15, 0.2) is 11.8 Å². The predicted octanol–water partition coefficient (Wildman–Crippen LogP) is 3.72. The van der Waals surface area contributed by atoms with Crippen LogP contribution in [0, 0.1) is 0 Å². The highest BCUT2D eigenvalue weighted by atomic mass is 35.7. The molecule has 0 N–H and O–H groups in total. The topological polar surface area (TPSA) is 0 Å². The molecule has 0 saturated carbocycles. The van der Waals surface area contributed by atoms with E-state index < -0.39 is 14.1 Å². The largest absolute Gasteiger partial charge is 0.259 e. The second kappa shape index (κ2) is 5.89. The third kappa shape index (κ3) is 11.3. The third-order valence-corrected chi connectivity index (χ3v) is 4.77. The molecular weight excluding hydrogens is 258 g/mol. The minimum Gasteiger partial charge on any atom is -0.146 e. The van der Waals surface area contributed by atoms with Crippen LogP contribution in [0.25, 0.3) is 0 Å². The molecule has 66 valence electrons. The van der Waals surface area contributed by atoms with Gasteiger partial charge in [-0.2, -0.15) is 0 Å². The van der Waals surface area contributed by atoms with E-state index >= 15 is 0 Å². The van der Waals surface area contributed by atoms with Crippen molar-refractivity contribution in [2.45, 2.75) is 19.0 Å². The lowest BCUT2D eigenvalue weighted by Gasteiger charge is -2.06. The van der Waals surface area contributed by atoms with E-state index in [4.69, 9.17) is 44.3 Å². The standard InChI is InChI=1S/C5H10Cl4Si2/c1-11(8,9)5-3-2-4-10(6)7/h2,4,10H,3,5H2,1H3. The monoisotopic (exact) mass is 266 g/mol. The Morgan fingerprint density at radius 1 is 1.36 bits per heavy atom. The Labute approximate surface area is 88.9 Å². The maximum Gasteiger partial charge on any atom is 0.259 e. The van der Waals surface area contributed by atoms with Gasteiger partial charge >= 0.3 is 0 Å². The van der Waals surface area contributed by atoms with Crippen LogP contribution in [0.5, 0.6) is 0 Å². The summed E-state index contributed by atoms with van der Waals surface area (Å²) >= 11 is 22.9. The van der Waals surface area contributed by atoms with E-state index in [0.717, 1.165) is 12.5 Å². The molecule has 0 aromatic heterocycles. The SMILES string of the molecule is C[Si](Cl)(Cl)CCC=C[SiH](Cl)Cl. The lowest BCUT2D eigenvalue weighted by Crippen LogP contribution is -2.10.